The Morgan fingerprint density at radius 3 is 2.70 bits per heavy atom. The molecule has 0 spiro atoms. The van der Waals surface area contributed by atoms with Crippen molar-refractivity contribution in [2.75, 3.05) is 6.61 Å². The van der Waals surface area contributed by atoms with Gasteiger partial charge in [0, 0.05) is 17.6 Å². The number of carbonyl (C=O) groups is 1. The van der Waals surface area contributed by atoms with Crippen LogP contribution >= 0.6 is 11.3 Å². The molecule has 6 heteroatoms. The lowest BCUT2D eigenvalue weighted by molar-refractivity contribution is -0.123. The highest BCUT2D eigenvalue weighted by Crippen LogP contribution is 2.25. The van der Waals surface area contributed by atoms with Crippen LogP contribution in [0.5, 0.6) is 16.7 Å². The summed E-state index contributed by atoms with van der Waals surface area (Å²) in [6.45, 7) is 0.0448. The van der Waals surface area contributed by atoms with Crippen LogP contribution in [0.25, 0.3) is 0 Å². The van der Waals surface area contributed by atoms with Gasteiger partial charge in [0.25, 0.3) is 11.1 Å². The predicted octanol–water partition coefficient (Wildman–Crippen LogP) is 2.59. The highest BCUT2D eigenvalue weighted by molar-refractivity contribution is 7.11. The highest BCUT2D eigenvalue weighted by atomic mass is 32.1. The molecule has 1 saturated carbocycles. The number of hydrogen-bond donors (Lipinski definition) is 1. The molecule has 104 valence electrons. The topological polar surface area (TPSA) is 60.5 Å². The van der Waals surface area contributed by atoms with E-state index in [1.807, 2.05) is 5.38 Å². The van der Waals surface area contributed by atoms with Gasteiger partial charge >= 0.3 is 0 Å². The van der Waals surface area contributed by atoms with Crippen LogP contribution in [0.15, 0.2) is 35.8 Å². The van der Waals surface area contributed by atoms with E-state index >= 15 is 0 Å². The van der Waals surface area contributed by atoms with E-state index in [2.05, 4.69) is 10.3 Å². The average molecular weight is 290 g/mol. The van der Waals surface area contributed by atoms with Crippen molar-refractivity contribution in [3.05, 3.63) is 35.8 Å². The number of aromatic nitrogens is 1. The Labute approximate surface area is 120 Å². The molecule has 1 fully saturated rings. The summed E-state index contributed by atoms with van der Waals surface area (Å²) in [5, 5.41) is 5.32. The van der Waals surface area contributed by atoms with Crippen molar-refractivity contribution in [2.45, 2.75) is 18.9 Å². The fourth-order valence-corrected chi connectivity index (χ4v) is 2.12. The number of nitrogens with zero attached hydrogens (tertiary/aromatic N) is 1. The minimum Gasteiger partial charge on any atom is -0.484 e. The van der Waals surface area contributed by atoms with Crippen molar-refractivity contribution in [3.63, 3.8) is 0 Å². The summed E-state index contributed by atoms with van der Waals surface area (Å²) in [7, 11) is 0. The van der Waals surface area contributed by atoms with Crippen molar-refractivity contribution in [1.29, 1.82) is 0 Å². The Kier molecular flexibility index (Phi) is 3.83. The van der Waals surface area contributed by atoms with Crippen LogP contribution < -0.4 is 14.8 Å². The maximum Gasteiger partial charge on any atom is 0.278 e. The maximum absolute atomic E-state index is 11.5. The van der Waals surface area contributed by atoms with E-state index in [4.69, 9.17) is 9.47 Å². The van der Waals surface area contributed by atoms with Gasteiger partial charge in [0.05, 0.1) is 0 Å². The van der Waals surface area contributed by atoms with Crippen LogP contribution in [0.1, 0.15) is 12.8 Å². The summed E-state index contributed by atoms with van der Waals surface area (Å²) >= 11 is 1.43. The molecule has 0 aliphatic heterocycles. The summed E-state index contributed by atoms with van der Waals surface area (Å²) in [5.41, 5.74) is 0. The standard InChI is InChI=1S/C14H14N2O3S/c17-13(16-10-1-2-10)9-18-11-3-5-12(6-4-11)19-14-15-7-8-20-14/h3-8,10H,1-2,9H2,(H,16,17). The van der Waals surface area contributed by atoms with E-state index in [0.29, 0.717) is 22.7 Å². The summed E-state index contributed by atoms with van der Waals surface area (Å²) in [4.78, 5) is 15.5. The van der Waals surface area contributed by atoms with E-state index in [9.17, 15) is 4.79 Å². The zero-order valence-electron chi connectivity index (χ0n) is 10.7. The zero-order chi connectivity index (χ0) is 13.8. The largest absolute Gasteiger partial charge is 0.484 e. The fourth-order valence-electron chi connectivity index (χ4n) is 1.61. The second kappa shape index (κ2) is 5.92. The molecule has 1 heterocycles. The van der Waals surface area contributed by atoms with Gasteiger partial charge in [-0.15, -0.1) is 0 Å². The molecule has 1 aliphatic carbocycles. The van der Waals surface area contributed by atoms with Gasteiger partial charge in [0.1, 0.15) is 11.5 Å². The number of carbonyl (C=O) groups excluding carboxylic acids is 1. The van der Waals surface area contributed by atoms with Gasteiger partial charge in [0.2, 0.25) is 0 Å². The molecule has 2 aromatic rings. The van der Waals surface area contributed by atoms with Crippen molar-refractivity contribution in [1.82, 2.24) is 10.3 Å². The molecule has 0 saturated heterocycles. The first kappa shape index (κ1) is 12.9. The van der Waals surface area contributed by atoms with E-state index in [-0.39, 0.29) is 12.5 Å². The molecule has 1 N–H and O–H groups in total. The maximum atomic E-state index is 11.5. The first-order chi connectivity index (χ1) is 9.79. The number of hydrogen-bond acceptors (Lipinski definition) is 5. The molecule has 0 radical (unpaired) electrons. The van der Waals surface area contributed by atoms with Gasteiger partial charge in [-0.05, 0) is 37.1 Å². The lowest BCUT2D eigenvalue weighted by atomic mass is 10.3. The molecule has 1 amide bonds. The highest BCUT2D eigenvalue weighted by Gasteiger charge is 2.23. The number of rotatable bonds is 6. The van der Waals surface area contributed by atoms with Gasteiger partial charge in [-0.25, -0.2) is 4.98 Å². The predicted molar refractivity (Wildman–Crippen MR) is 75.3 cm³/mol. The Morgan fingerprint density at radius 2 is 2.05 bits per heavy atom. The summed E-state index contributed by atoms with van der Waals surface area (Å²) in [5.74, 6) is 1.26. The van der Waals surface area contributed by atoms with E-state index in [1.165, 1.54) is 11.3 Å². The lowest BCUT2D eigenvalue weighted by Crippen LogP contribution is -2.30. The third-order valence-corrected chi connectivity index (χ3v) is 3.40. The van der Waals surface area contributed by atoms with Crippen LogP contribution in [0.4, 0.5) is 0 Å². The van der Waals surface area contributed by atoms with Gasteiger partial charge in [-0.2, -0.15) is 0 Å². The first-order valence-corrected chi connectivity index (χ1v) is 7.27. The monoisotopic (exact) mass is 290 g/mol. The third-order valence-electron chi connectivity index (χ3n) is 2.75. The molecule has 1 aromatic carbocycles. The van der Waals surface area contributed by atoms with Gasteiger partial charge < -0.3 is 14.8 Å². The second-order valence-electron chi connectivity index (χ2n) is 4.50. The molecule has 1 aliphatic rings. The van der Waals surface area contributed by atoms with Crippen LogP contribution in [-0.2, 0) is 4.79 Å². The normalized spacial score (nSPS) is 13.8. The zero-order valence-corrected chi connectivity index (χ0v) is 11.6. The molecule has 3 rings (SSSR count). The molecule has 5 nitrogen and oxygen atoms in total. The number of ether oxygens (including phenoxy) is 2. The van der Waals surface area contributed by atoms with Crippen molar-refractivity contribution in [2.24, 2.45) is 0 Å². The summed E-state index contributed by atoms with van der Waals surface area (Å²) in [6.07, 6.45) is 3.85. The SMILES string of the molecule is O=C(COc1ccc(Oc2nccs2)cc1)NC1CC1. The van der Waals surface area contributed by atoms with Crippen LogP contribution in [-0.4, -0.2) is 23.5 Å². The van der Waals surface area contributed by atoms with Gasteiger partial charge in [-0.3, -0.25) is 4.79 Å². The van der Waals surface area contributed by atoms with Crippen LogP contribution in [0, 0.1) is 0 Å². The molecule has 0 bridgehead atoms. The molecular weight excluding hydrogens is 276 g/mol. The van der Waals surface area contributed by atoms with Crippen molar-refractivity contribution in [3.8, 4) is 16.7 Å². The second-order valence-corrected chi connectivity index (χ2v) is 5.36. The number of nitrogens with one attached hydrogen (secondary N) is 1. The van der Waals surface area contributed by atoms with E-state index < -0.39 is 0 Å². The Balaban J connectivity index is 1.49. The first-order valence-electron chi connectivity index (χ1n) is 6.39. The van der Waals surface area contributed by atoms with Crippen LogP contribution in [0.2, 0.25) is 0 Å². The molecule has 0 atom stereocenters. The lowest BCUT2D eigenvalue weighted by Gasteiger charge is -2.07. The molecule has 1 aromatic heterocycles. The molecular formula is C14H14N2O3S. The van der Waals surface area contributed by atoms with Crippen molar-refractivity contribution >= 4 is 17.2 Å². The average Bonchev–Trinajstić information content (AvgIpc) is 3.12. The smallest absolute Gasteiger partial charge is 0.278 e. The minimum atomic E-state index is -0.0735. The molecule has 0 unspecified atom stereocenters. The van der Waals surface area contributed by atoms with Crippen LogP contribution in [0.3, 0.4) is 0 Å². The number of amides is 1. The number of thiazole rings is 1. The Bertz CT molecular complexity index is 565. The quantitative estimate of drug-likeness (QED) is 0.888. The minimum absolute atomic E-state index is 0.0448. The van der Waals surface area contributed by atoms with Gasteiger partial charge in [-0.1, -0.05) is 11.3 Å². The van der Waals surface area contributed by atoms with E-state index in [1.54, 1.807) is 30.5 Å². The third kappa shape index (κ3) is 3.71. The van der Waals surface area contributed by atoms with E-state index in [0.717, 1.165) is 12.8 Å². The molecule has 20 heavy (non-hydrogen) atoms. The Morgan fingerprint density at radius 1 is 1.30 bits per heavy atom. The Hall–Kier alpha value is -2.08. The number of benzene rings is 1. The fraction of sp³-hybridized carbons (Fsp3) is 0.286. The van der Waals surface area contributed by atoms with Gasteiger partial charge in [0.15, 0.2) is 6.61 Å². The summed E-state index contributed by atoms with van der Waals surface area (Å²) < 4.78 is 10.9. The summed E-state index contributed by atoms with van der Waals surface area (Å²) in [6, 6.07) is 7.48. The van der Waals surface area contributed by atoms with Crippen molar-refractivity contribution < 1.29 is 14.3 Å².